The topological polar surface area (TPSA) is 34.9 Å². The average Bonchev–Trinajstić information content (AvgIpc) is 1.92. The van der Waals surface area contributed by atoms with Gasteiger partial charge < -0.3 is 0 Å². The molecule has 0 amide bonds. The summed E-state index contributed by atoms with van der Waals surface area (Å²) in [6.07, 6.45) is 3.50. The summed E-state index contributed by atoms with van der Waals surface area (Å²) in [6.45, 7) is 3.77. The van der Waals surface area contributed by atoms with Crippen molar-refractivity contribution in [1.82, 2.24) is 9.55 Å². The Balaban J connectivity index is 2.49. The Morgan fingerprint density at radius 3 is 2.62 bits per heavy atom. The Bertz CT molecular complexity index is 377. The minimum absolute atomic E-state index is 0.106. The number of aryl methyl sites for hydroxylation is 2. The molecule has 1 aromatic rings. The fourth-order valence-corrected chi connectivity index (χ4v) is 1.84. The van der Waals surface area contributed by atoms with E-state index in [4.69, 9.17) is 0 Å². The highest BCUT2D eigenvalue weighted by atomic mass is 16.1. The van der Waals surface area contributed by atoms with Crippen LogP contribution in [0.4, 0.5) is 0 Å². The minimum atomic E-state index is 0.106. The van der Waals surface area contributed by atoms with Crippen molar-refractivity contribution in [2.24, 2.45) is 0 Å². The molecule has 70 valence electrons. The van der Waals surface area contributed by atoms with Crippen molar-refractivity contribution in [1.29, 1.82) is 0 Å². The van der Waals surface area contributed by atoms with Gasteiger partial charge in [-0.05, 0) is 33.1 Å². The first-order valence-electron chi connectivity index (χ1n) is 4.75. The maximum Gasteiger partial charge on any atom is 0.253 e. The third-order valence-electron chi connectivity index (χ3n) is 2.70. The van der Waals surface area contributed by atoms with Crippen LogP contribution in [0.1, 0.15) is 36.8 Å². The largest absolute Gasteiger partial charge is 0.294 e. The maximum atomic E-state index is 11.6. The van der Waals surface area contributed by atoms with Crippen LogP contribution in [0, 0.1) is 13.8 Å². The highest BCUT2D eigenvalue weighted by molar-refractivity contribution is 5.03. The Morgan fingerprint density at radius 2 is 2.15 bits per heavy atom. The Labute approximate surface area is 77.4 Å². The molecular formula is C10H14N2O. The van der Waals surface area contributed by atoms with Gasteiger partial charge in [-0.25, -0.2) is 4.98 Å². The first-order valence-corrected chi connectivity index (χ1v) is 4.75. The zero-order chi connectivity index (χ0) is 9.42. The molecule has 1 saturated carbocycles. The molecule has 0 N–H and O–H groups in total. The van der Waals surface area contributed by atoms with Gasteiger partial charge in [0.15, 0.2) is 0 Å². The van der Waals surface area contributed by atoms with E-state index in [0.29, 0.717) is 6.04 Å². The first kappa shape index (κ1) is 8.48. The van der Waals surface area contributed by atoms with E-state index in [1.54, 1.807) is 6.07 Å². The lowest BCUT2D eigenvalue weighted by atomic mass is 9.92. The molecule has 0 spiro atoms. The molecule has 13 heavy (non-hydrogen) atoms. The fraction of sp³-hybridized carbons (Fsp3) is 0.600. The van der Waals surface area contributed by atoms with E-state index in [1.807, 2.05) is 18.4 Å². The summed E-state index contributed by atoms with van der Waals surface area (Å²) in [5.74, 6) is 0.856. The number of nitrogens with zero attached hydrogens (tertiary/aromatic N) is 2. The van der Waals surface area contributed by atoms with Crippen LogP contribution >= 0.6 is 0 Å². The molecule has 3 heteroatoms. The van der Waals surface area contributed by atoms with Crippen LogP contribution in [0.25, 0.3) is 0 Å². The lowest BCUT2D eigenvalue weighted by Gasteiger charge is -2.28. The van der Waals surface area contributed by atoms with Crippen molar-refractivity contribution in [3.8, 4) is 0 Å². The molecule has 1 aromatic heterocycles. The van der Waals surface area contributed by atoms with E-state index < -0.39 is 0 Å². The SMILES string of the molecule is Cc1cc(=O)n(C2CCC2)c(C)n1. The van der Waals surface area contributed by atoms with Gasteiger partial charge in [-0.3, -0.25) is 9.36 Å². The Kier molecular flexibility index (Phi) is 1.94. The third kappa shape index (κ3) is 1.39. The maximum absolute atomic E-state index is 11.6. The van der Waals surface area contributed by atoms with Gasteiger partial charge in [0.05, 0.1) is 0 Å². The second-order valence-electron chi connectivity index (χ2n) is 3.74. The van der Waals surface area contributed by atoms with Gasteiger partial charge in [0.1, 0.15) is 5.82 Å². The van der Waals surface area contributed by atoms with Crippen LogP contribution in [0.2, 0.25) is 0 Å². The Morgan fingerprint density at radius 1 is 1.46 bits per heavy atom. The van der Waals surface area contributed by atoms with E-state index in [0.717, 1.165) is 24.4 Å². The second-order valence-corrected chi connectivity index (χ2v) is 3.74. The van der Waals surface area contributed by atoms with Crippen molar-refractivity contribution in [2.75, 3.05) is 0 Å². The molecule has 0 aliphatic heterocycles. The van der Waals surface area contributed by atoms with Gasteiger partial charge in [-0.15, -0.1) is 0 Å². The van der Waals surface area contributed by atoms with Crippen LogP contribution in [-0.4, -0.2) is 9.55 Å². The molecule has 3 nitrogen and oxygen atoms in total. The molecule has 2 rings (SSSR count). The summed E-state index contributed by atoms with van der Waals surface area (Å²) >= 11 is 0. The zero-order valence-electron chi connectivity index (χ0n) is 8.08. The van der Waals surface area contributed by atoms with Crippen LogP contribution in [0.5, 0.6) is 0 Å². The lowest BCUT2D eigenvalue weighted by molar-refractivity contribution is 0.298. The summed E-state index contributed by atoms with van der Waals surface area (Å²) in [5.41, 5.74) is 0.924. The number of hydrogen-bond donors (Lipinski definition) is 0. The predicted octanol–water partition coefficient (Wildman–Crippen LogP) is 1.59. The molecule has 0 unspecified atom stereocenters. The van der Waals surface area contributed by atoms with E-state index in [9.17, 15) is 4.79 Å². The van der Waals surface area contributed by atoms with Crippen LogP contribution in [0.15, 0.2) is 10.9 Å². The van der Waals surface area contributed by atoms with Crippen LogP contribution in [-0.2, 0) is 0 Å². The predicted molar refractivity (Wildman–Crippen MR) is 50.9 cm³/mol. The normalized spacial score (nSPS) is 17.1. The molecule has 0 saturated heterocycles. The average molecular weight is 178 g/mol. The van der Waals surface area contributed by atoms with Crippen LogP contribution < -0.4 is 5.56 Å². The fourth-order valence-electron chi connectivity index (χ4n) is 1.84. The standard InChI is InChI=1S/C10H14N2O/c1-7-6-10(13)12(8(2)11-7)9-4-3-5-9/h6,9H,3-5H2,1-2H3. The lowest BCUT2D eigenvalue weighted by Crippen LogP contribution is -2.31. The summed E-state index contributed by atoms with van der Waals surface area (Å²) in [7, 11) is 0. The molecular weight excluding hydrogens is 164 g/mol. The van der Waals surface area contributed by atoms with Crippen molar-refractivity contribution in [2.45, 2.75) is 39.2 Å². The monoisotopic (exact) mass is 178 g/mol. The third-order valence-corrected chi connectivity index (χ3v) is 2.70. The number of rotatable bonds is 1. The van der Waals surface area contributed by atoms with Crippen molar-refractivity contribution in [3.05, 3.63) is 27.9 Å². The molecule has 1 aliphatic carbocycles. The van der Waals surface area contributed by atoms with Crippen LogP contribution in [0.3, 0.4) is 0 Å². The summed E-state index contributed by atoms with van der Waals surface area (Å²) in [6, 6.07) is 2.03. The van der Waals surface area contributed by atoms with E-state index in [2.05, 4.69) is 4.98 Å². The van der Waals surface area contributed by atoms with E-state index in [-0.39, 0.29) is 5.56 Å². The summed E-state index contributed by atoms with van der Waals surface area (Å²) in [4.78, 5) is 15.9. The van der Waals surface area contributed by atoms with Gasteiger partial charge >= 0.3 is 0 Å². The van der Waals surface area contributed by atoms with Crippen molar-refractivity contribution < 1.29 is 0 Å². The molecule has 0 aromatic carbocycles. The van der Waals surface area contributed by atoms with Crippen molar-refractivity contribution in [3.63, 3.8) is 0 Å². The molecule has 1 aliphatic rings. The first-order chi connectivity index (χ1) is 6.18. The van der Waals surface area contributed by atoms with Gasteiger partial charge in [-0.1, -0.05) is 0 Å². The zero-order valence-corrected chi connectivity index (χ0v) is 8.08. The second kappa shape index (κ2) is 2.98. The highest BCUT2D eigenvalue weighted by Crippen LogP contribution is 2.30. The van der Waals surface area contributed by atoms with Gasteiger partial charge in [-0.2, -0.15) is 0 Å². The minimum Gasteiger partial charge on any atom is -0.294 e. The Hall–Kier alpha value is -1.12. The summed E-state index contributed by atoms with van der Waals surface area (Å²) < 4.78 is 1.83. The molecule has 1 heterocycles. The molecule has 0 radical (unpaired) electrons. The van der Waals surface area contributed by atoms with Gasteiger partial charge in [0, 0.05) is 17.8 Å². The van der Waals surface area contributed by atoms with Gasteiger partial charge in [0.2, 0.25) is 0 Å². The number of hydrogen-bond acceptors (Lipinski definition) is 2. The number of aromatic nitrogens is 2. The summed E-state index contributed by atoms with van der Waals surface area (Å²) in [5, 5.41) is 0. The van der Waals surface area contributed by atoms with E-state index in [1.165, 1.54) is 6.42 Å². The smallest absolute Gasteiger partial charge is 0.253 e. The molecule has 0 bridgehead atoms. The van der Waals surface area contributed by atoms with Crippen molar-refractivity contribution >= 4 is 0 Å². The highest BCUT2D eigenvalue weighted by Gasteiger charge is 2.21. The van der Waals surface area contributed by atoms with E-state index >= 15 is 0 Å². The molecule has 1 fully saturated rings. The molecule has 0 atom stereocenters. The van der Waals surface area contributed by atoms with Gasteiger partial charge in [0.25, 0.3) is 5.56 Å². The quantitative estimate of drug-likeness (QED) is 0.654.